The van der Waals surface area contributed by atoms with Crippen LogP contribution in [0.4, 0.5) is 5.82 Å². The van der Waals surface area contributed by atoms with Crippen molar-refractivity contribution in [3.05, 3.63) is 68.5 Å². The molecular formula is C19H20ClN5OS2. The fourth-order valence-electron chi connectivity index (χ4n) is 2.73. The molecule has 146 valence electrons. The van der Waals surface area contributed by atoms with Gasteiger partial charge in [-0.15, -0.1) is 11.3 Å². The van der Waals surface area contributed by atoms with Crippen LogP contribution >= 0.6 is 35.2 Å². The number of thiophene rings is 1. The van der Waals surface area contributed by atoms with Gasteiger partial charge in [0.15, 0.2) is 10.9 Å². The van der Waals surface area contributed by atoms with Gasteiger partial charge in [-0.3, -0.25) is 20.3 Å². The van der Waals surface area contributed by atoms with Crippen molar-refractivity contribution < 1.29 is 4.79 Å². The van der Waals surface area contributed by atoms with Gasteiger partial charge in [0.2, 0.25) is 0 Å². The molecule has 1 aromatic carbocycles. The molecule has 0 radical (unpaired) electrons. The molecule has 3 N–H and O–H groups in total. The summed E-state index contributed by atoms with van der Waals surface area (Å²) in [5, 5.41) is 10.2. The molecule has 0 saturated carbocycles. The van der Waals surface area contributed by atoms with E-state index in [-0.39, 0.29) is 11.0 Å². The van der Waals surface area contributed by atoms with Crippen molar-refractivity contribution in [2.45, 2.75) is 26.8 Å². The number of amides is 1. The first-order valence-corrected chi connectivity index (χ1v) is 10.3. The first-order valence-electron chi connectivity index (χ1n) is 8.68. The third-order valence-electron chi connectivity index (χ3n) is 4.13. The number of benzene rings is 1. The normalized spacial score (nSPS) is 10.5. The molecule has 0 unspecified atom stereocenters. The van der Waals surface area contributed by atoms with E-state index in [1.54, 1.807) is 16.0 Å². The number of nitrogens with one attached hydrogen (secondary N) is 3. The second-order valence-corrected chi connectivity index (χ2v) is 8.02. The van der Waals surface area contributed by atoms with E-state index in [2.05, 4.69) is 21.3 Å². The van der Waals surface area contributed by atoms with E-state index < -0.39 is 0 Å². The number of aryl methyl sites for hydroxylation is 1. The number of nitrogens with zero attached hydrogens (tertiary/aromatic N) is 2. The van der Waals surface area contributed by atoms with Crippen LogP contribution in [0, 0.1) is 6.92 Å². The van der Waals surface area contributed by atoms with Gasteiger partial charge in [-0.25, -0.2) is 0 Å². The Labute approximate surface area is 177 Å². The van der Waals surface area contributed by atoms with Crippen molar-refractivity contribution in [1.29, 1.82) is 0 Å². The van der Waals surface area contributed by atoms with Crippen LogP contribution in [-0.4, -0.2) is 20.8 Å². The quantitative estimate of drug-likeness (QED) is 0.416. The zero-order valence-electron chi connectivity index (χ0n) is 15.5. The van der Waals surface area contributed by atoms with E-state index >= 15 is 0 Å². The number of hydrogen-bond acceptors (Lipinski definition) is 4. The molecule has 2 heterocycles. The minimum Gasteiger partial charge on any atom is -0.315 e. The van der Waals surface area contributed by atoms with Crippen LogP contribution in [0.1, 0.15) is 33.3 Å². The van der Waals surface area contributed by atoms with Crippen LogP contribution in [0.3, 0.4) is 0 Å². The Morgan fingerprint density at radius 2 is 2.00 bits per heavy atom. The van der Waals surface area contributed by atoms with E-state index in [0.29, 0.717) is 22.9 Å². The van der Waals surface area contributed by atoms with Crippen molar-refractivity contribution in [2.24, 2.45) is 0 Å². The number of aromatic nitrogens is 2. The summed E-state index contributed by atoms with van der Waals surface area (Å²) in [5.41, 5.74) is 8.16. The summed E-state index contributed by atoms with van der Waals surface area (Å²) >= 11 is 12.7. The molecule has 6 nitrogen and oxygen atoms in total. The molecule has 1 amide bonds. The summed E-state index contributed by atoms with van der Waals surface area (Å²) in [6.45, 7) is 4.67. The Morgan fingerprint density at radius 3 is 2.71 bits per heavy atom. The lowest BCUT2D eigenvalue weighted by Crippen LogP contribution is -2.44. The molecule has 0 aliphatic rings. The zero-order chi connectivity index (χ0) is 20.1. The molecule has 2 aromatic heterocycles. The van der Waals surface area contributed by atoms with Gasteiger partial charge in [-0.05, 0) is 48.8 Å². The van der Waals surface area contributed by atoms with Crippen LogP contribution in [0.25, 0.3) is 0 Å². The Bertz CT molecular complexity index is 981. The number of carbonyl (C=O) groups excluding carboxylic acids is 1. The SMILES string of the molecule is CCc1c(C(=O)NNC(=S)Nc2ccn(Cc3ccc(Cl)cc3)n2)csc1C. The predicted molar refractivity (Wildman–Crippen MR) is 118 cm³/mol. The van der Waals surface area contributed by atoms with Gasteiger partial charge in [-0.2, -0.15) is 5.10 Å². The van der Waals surface area contributed by atoms with Gasteiger partial charge in [0, 0.05) is 27.5 Å². The highest BCUT2D eigenvalue weighted by Crippen LogP contribution is 2.22. The monoisotopic (exact) mass is 433 g/mol. The third-order valence-corrected chi connectivity index (χ3v) is 5.54. The van der Waals surface area contributed by atoms with E-state index in [4.69, 9.17) is 23.8 Å². The molecule has 0 aliphatic heterocycles. The number of rotatable bonds is 5. The zero-order valence-corrected chi connectivity index (χ0v) is 17.8. The largest absolute Gasteiger partial charge is 0.315 e. The lowest BCUT2D eigenvalue weighted by atomic mass is 10.1. The summed E-state index contributed by atoms with van der Waals surface area (Å²) in [5.74, 6) is 0.375. The van der Waals surface area contributed by atoms with E-state index in [1.807, 2.05) is 55.8 Å². The summed E-state index contributed by atoms with van der Waals surface area (Å²) in [7, 11) is 0. The highest BCUT2D eigenvalue weighted by atomic mass is 35.5. The minimum absolute atomic E-state index is 0.210. The lowest BCUT2D eigenvalue weighted by molar-refractivity contribution is 0.0943. The van der Waals surface area contributed by atoms with Crippen molar-refractivity contribution in [2.75, 3.05) is 5.32 Å². The molecular weight excluding hydrogens is 414 g/mol. The van der Waals surface area contributed by atoms with E-state index in [9.17, 15) is 4.79 Å². The molecule has 0 spiro atoms. The van der Waals surface area contributed by atoms with Gasteiger partial charge in [0.1, 0.15) is 0 Å². The Morgan fingerprint density at radius 1 is 1.25 bits per heavy atom. The summed E-state index contributed by atoms with van der Waals surface area (Å²) in [4.78, 5) is 13.5. The maximum atomic E-state index is 12.3. The van der Waals surface area contributed by atoms with Crippen LogP contribution in [0.5, 0.6) is 0 Å². The first-order chi connectivity index (χ1) is 13.5. The van der Waals surface area contributed by atoms with Crippen molar-refractivity contribution in [3.63, 3.8) is 0 Å². The molecule has 28 heavy (non-hydrogen) atoms. The Balaban J connectivity index is 1.51. The van der Waals surface area contributed by atoms with Crippen molar-refractivity contribution >= 4 is 52.0 Å². The molecule has 3 aromatic rings. The summed E-state index contributed by atoms with van der Waals surface area (Å²) in [6, 6.07) is 9.41. The van der Waals surface area contributed by atoms with Crippen LogP contribution in [-0.2, 0) is 13.0 Å². The van der Waals surface area contributed by atoms with Crippen LogP contribution < -0.4 is 16.2 Å². The topological polar surface area (TPSA) is 71.0 Å². The fourth-order valence-corrected chi connectivity index (χ4v) is 3.95. The van der Waals surface area contributed by atoms with E-state index in [1.165, 1.54) is 0 Å². The second kappa shape index (κ2) is 9.18. The Hall–Kier alpha value is -2.42. The van der Waals surface area contributed by atoms with Crippen molar-refractivity contribution in [3.8, 4) is 0 Å². The van der Waals surface area contributed by atoms with Gasteiger partial charge >= 0.3 is 0 Å². The average Bonchev–Trinajstić information content (AvgIpc) is 3.27. The molecule has 0 saturated heterocycles. The molecule has 0 fully saturated rings. The smallest absolute Gasteiger partial charge is 0.270 e. The van der Waals surface area contributed by atoms with Gasteiger partial charge in [0.05, 0.1) is 12.1 Å². The predicted octanol–water partition coefficient (Wildman–Crippen LogP) is 4.15. The highest BCUT2D eigenvalue weighted by Gasteiger charge is 2.14. The fraction of sp³-hybridized carbons (Fsp3) is 0.211. The number of carbonyl (C=O) groups is 1. The molecule has 0 aliphatic carbocycles. The third kappa shape index (κ3) is 5.09. The number of hydrazine groups is 1. The molecule has 3 rings (SSSR count). The molecule has 9 heteroatoms. The number of anilines is 1. The van der Waals surface area contributed by atoms with Crippen LogP contribution in [0.2, 0.25) is 5.02 Å². The maximum Gasteiger partial charge on any atom is 0.270 e. The number of halogens is 1. The standard InChI is InChI=1S/C19H20ClN5OS2/c1-3-15-12(2)28-11-16(15)18(26)22-23-19(27)21-17-8-9-25(24-17)10-13-4-6-14(20)7-5-13/h4-9,11H,3,10H2,1-2H3,(H,22,26)(H2,21,23,24,27). The highest BCUT2D eigenvalue weighted by molar-refractivity contribution is 7.80. The number of thiocarbonyl (C=S) groups is 1. The average molecular weight is 434 g/mol. The maximum absolute atomic E-state index is 12.3. The van der Waals surface area contributed by atoms with Gasteiger partial charge in [-0.1, -0.05) is 30.7 Å². The van der Waals surface area contributed by atoms with Crippen LogP contribution in [0.15, 0.2) is 41.9 Å². The molecule has 0 atom stereocenters. The molecule has 0 bridgehead atoms. The second-order valence-electron chi connectivity index (χ2n) is 6.10. The minimum atomic E-state index is -0.210. The summed E-state index contributed by atoms with van der Waals surface area (Å²) in [6.07, 6.45) is 2.66. The summed E-state index contributed by atoms with van der Waals surface area (Å²) < 4.78 is 1.79. The van der Waals surface area contributed by atoms with E-state index in [0.717, 1.165) is 22.4 Å². The first kappa shape index (κ1) is 20.3. The van der Waals surface area contributed by atoms with Crippen molar-refractivity contribution in [1.82, 2.24) is 20.6 Å². The van der Waals surface area contributed by atoms with Gasteiger partial charge < -0.3 is 5.32 Å². The lowest BCUT2D eigenvalue weighted by Gasteiger charge is -2.10. The van der Waals surface area contributed by atoms with Gasteiger partial charge in [0.25, 0.3) is 5.91 Å². The Kier molecular flexibility index (Phi) is 6.66. The number of hydrogen-bond donors (Lipinski definition) is 3.